The van der Waals surface area contributed by atoms with E-state index in [9.17, 15) is 9.59 Å². The average Bonchev–Trinajstić information content (AvgIpc) is 2.73. The van der Waals surface area contributed by atoms with E-state index in [2.05, 4.69) is 5.10 Å². The molecule has 7 nitrogen and oxygen atoms in total. The second-order valence-corrected chi connectivity index (χ2v) is 3.81. The second kappa shape index (κ2) is 6.77. The van der Waals surface area contributed by atoms with Crippen molar-refractivity contribution >= 4 is 17.6 Å². The molecule has 19 heavy (non-hydrogen) atoms. The van der Waals surface area contributed by atoms with Crippen LogP contribution in [0.25, 0.3) is 0 Å². The van der Waals surface area contributed by atoms with Crippen LogP contribution in [0.5, 0.6) is 0 Å². The first-order valence-electron chi connectivity index (χ1n) is 6.23. The average molecular weight is 269 g/mol. The van der Waals surface area contributed by atoms with Crippen molar-refractivity contribution in [2.24, 2.45) is 0 Å². The van der Waals surface area contributed by atoms with Gasteiger partial charge in [0, 0.05) is 6.20 Å². The van der Waals surface area contributed by atoms with E-state index in [4.69, 9.17) is 15.2 Å². The third kappa shape index (κ3) is 3.46. The van der Waals surface area contributed by atoms with E-state index in [1.165, 1.54) is 10.9 Å². The summed E-state index contributed by atoms with van der Waals surface area (Å²) in [4.78, 5) is 23.3. The van der Waals surface area contributed by atoms with Crippen LogP contribution in [0.3, 0.4) is 0 Å². The lowest BCUT2D eigenvalue weighted by Crippen LogP contribution is -2.22. The van der Waals surface area contributed by atoms with Crippen molar-refractivity contribution in [2.45, 2.75) is 33.2 Å². The summed E-state index contributed by atoms with van der Waals surface area (Å²) in [6.07, 6.45) is 1.93. The Balaban J connectivity index is 2.97. The number of nitrogen functional groups attached to an aromatic ring is 1. The Hall–Kier alpha value is -2.05. The standard InChI is InChI=1S/C12H19N3O4/c1-4-9(11(16)18-5-2)15-7-8(13)10(14-15)12(17)19-6-3/h7,9H,4-6,13H2,1-3H3. The van der Waals surface area contributed by atoms with E-state index < -0.39 is 18.0 Å². The Bertz CT molecular complexity index is 456. The summed E-state index contributed by atoms with van der Waals surface area (Å²) < 4.78 is 11.1. The summed E-state index contributed by atoms with van der Waals surface area (Å²) in [5.74, 6) is -1.000. The van der Waals surface area contributed by atoms with E-state index in [-0.39, 0.29) is 24.6 Å². The molecule has 1 unspecified atom stereocenters. The quantitative estimate of drug-likeness (QED) is 0.778. The third-order valence-electron chi connectivity index (χ3n) is 2.49. The molecule has 0 fully saturated rings. The molecule has 0 radical (unpaired) electrons. The number of carbonyl (C=O) groups excluding carboxylic acids is 2. The van der Waals surface area contributed by atoms with Crippen molar-refractivity contribution in [1.82, 2.24) is 9.78 Å². The van der Waals surface area contributed by atoms with Gasteiger partial charge < -0.3 is 15.2 Å². The number of carbonyl (C=O) groups is 2. The lowest BCUT2D eigenvalue weighted by molar-refractivity contribution is -0.147. The fourth-order valence-electron chi connectivity index (χ4n) is 1.62. The number of hydrogen-bond acceptors (Lipinski definition) is 6. The summed E-state index contributed by atoms with van der Waals surface area (Å²) in [5.41, 5.74) is 5.90. The van der Waals surface area contributed by atoms with Crippen molar-refractivity contribution in [3.63, 3.8) is 0 Å². The highest BCUT2D eigenvalue weighted by molar-refractivity contribution is 5.92. The predicted octanol–water partition coefficient (Wildman–Crippen LogP) is 1.16. The van der Waals surface area contributed by atoms with Gasteiger partial charge in [-0.05, 0) is 20.3 Å². The minimum Gasteiger partial charge on any atom is -0.464 e. The summed E-state index contributed by atoms with van der Waals surface area (Å²) in [7, 11) is 0. The van der Waals surface area contributed by atoms with Crippen molar-refractivity contribution in [3.8, 4) is 0 Å². The highest BCUT2D eigenvalue weighted by Gasteiger charge is 2.24. The number of rotatable bonds is 6. The van der Waals surface area contributed by atoms with Gasteiger partial charge >= 0.3 is 11.9 Å². The summed E-state index contributed by atoms with van der Waals surface area (Å²) in [6, 6.07) is -0.592. The van der Waals surface area contributed by atoms with Crippen LogP contribution in [0, 0.1) is 0 Å². The Morgan fingerprint density at radius 2 is 1.95 bits per heavy atom. The maximum absolute atomic E-state index is 11.8. The molecule has 1 rings (SSSR count). The van der Waals surface area contributed by atoms with Gasteiger partial charge in [0.25, 0.3) is 0 Å². The smallest absolute Gasteiger partial charge is 0.361 e. The molecule has 0 aromatic carbocycles. The molecule has 0 aliphatic rings. The molecule has 0 amide bonds. The maximum Gasteiger partial charge on any atom is 0.361 e. The minimum atomic E-state index is -0.600. The zero-order valence-corrected chi connectivity index (χ0v) is 11.4. The highest BCUT2D eigenvalue weighted by Crippen LogP contribution is 2.18. The van der Waals surface area contributed by atoms with Crippen LogP contribution < -0.4 is 5.73 Å². The second-order valence-electron chi connectivity index (χ2n) is 3.81. The summed E-state index contributed by atoms with van der Waals surface area (Å²) in [6.45, 7) is 5.77. The first kappa shape index (κ1) is 15.0. The topological polar surface area (TPSA) is 96.4 Å². The van der Waals surface area contributed by atoms with Gasteiger partial charge in [0.2, 0.25) is 0 Å². The zero-order valence-electron chi connectivity index (χ0n) is 11.4. The number of nitrogens with two attached hydrogens (primary N) is 1. The summed E-state index contributed by atoms with van der Waals surface area (Å²) in [5, 5.41) is 4.02. The normalized spacial score (nSPS) is 11.9. The van der Waals surface area contributed by atoms with E-state index in [0.717, 1.165) is 0 Å². The van der Waals surface area contributed by atoms with Gasteiger partial charge in [-0.3, -0.25) is 4.68 Å². The SMILES string of the molecule is CCOC(=O)c1nn(C(CC)C(=O)OCC)cc1N. The number of hydrogen-bond donors (Lipinski definition) is 1. The van der Waals surface area contributed by atoms with Crippen LogP contribution in [-0.4, -0.2) is 34.9 Å². The largest absolute Gasteiger partial charge is 0.464 e. The van der Waals surface area contributed by atoms with Gasteiger partial charge in [-0.25, -0.2) is 9.59 Å². The Kier molecular flexibility index (Phi) is 5.35. The van der Waals surface area contributed by atoms with Gasteiger partial charge in [0.1, 0.15) is 6.04 Å². The van der Waals surface area contributed by atoms with Crippen molar-refractivity contribution in [3.05, 3.63) is 11.9 Å². The fraction of sp³-hybridized carbons (Fsp3) is 0.583. The maximum atomic E-state index is 11.8. The Morgan fingerprint density at radius 3 is 2.47 bits per heavy atom. The molecule has 0 aliphatic heterocycles. The molecule has 0 bridgehead atoms. The number of nitrogens with zero attached hydrogens (tertiary/aromatic N) is 2. The van der Waals surface area contributed by atoms with E-state index in [1.54, 1.807) is 13.8 Å². The fourth-order valence-corrected chi connectivity index (χ4v) is 1.62. The Morgan fingerprint density at radius 1 is 1.32 bits per heavy atom. The molecule has 7 heteroatoms. The first-order chi connectivity index (χ1) is 9.04. The number of aromatic nitrogens is 2. The molecule has 1 atom stereocenters. The molecule has 106 valence electrons. The van der Waals surface area contributed by atoms with Gasteiger partial charge in [-0.15, -0.1) is 0 Å². The molecule has 0 spiro atoms. The monoisotopic (exact) mass is 269 g/mol. The molecule has 0 saturated carbocycles. The van der Waals surface area contributed by atoms with Crippen LogP contribution in [0.1, 0.15) is 43.7 Å². The van der Waals surface area contributed by atoms with Crippen LogP contribution in [0.2, 0.25) is 0 Å². The summed E-state index contributed by atoms with van der Waals surface area (Å²) >= 11 is 0. The molecule has 1 aromatic heterocycles. The molecule has 0 aliphatic carbocycles. The van der Waals surface area contributed by atoms with Crippen molar-refractivity contribution in [1.29, 1.82) is 0 Å². The predicted molar refractivity (Wildman–Crippen MR) is 68.6 cm³/mol. The lowest BCUT2D eigenvalue weighted by atomic mass is 10.2. The Labute approximate surface area is 111 Å². The molecular weight excluding hydrogens is 250 g/mol. The molecule has 1 heterocycles. The lowest BCUT2D eigenvalue weighted by Gasteiger charge is -2.13. The zero-order chi connectivity index (χ0) is 14.4. The van der Waals surface area contributed by atoms with Gasteiger partial charge in [0.05, 0.1) is 18.9 Å². The minimum absolute atomic E-state index is 0.0181. The van der Waals surface area contributed by atoms with Crippen LogP contribution >= 0.6 is 0 Å². The van der Waals surface area contributed by atoms with E-state index in [0.29, 0.717) is 6.42 Å². The molecule has 0 saturated heterocycles. The van der Waals surface area contributed by atoms with Crippen molar-refractivity contribution in [2.75, 3.05) is 18.9 Å². The number of ether oxygens (including phenoxy) is 2. The molecule has 1 aromatic rings. The number of anilines is 1. The first-order valence-corrected chi connectivity index (χ1v) is 6.23. The molecular formula is C12H19N3O4. The van der Waals surface area contributed by atoms with E-state index >= 15 is 0 Å². The van der Waals surface area contributed by atoms with Gasteiger partial charge in [-0.1, -0.05) is 6.92 Å². The van der Waals surface area contributed by atoms with Crippen LogP contribution in [0.4, 0.5) is 5.69 Å². The third-order valence-corrected chi connectivity index (χ3v) is 2.49. The van der Waals surface area contributed by atoms with E-state index in [1.807, 2.05) is 6.92 Å². The molecule has 2 N–H and O–H groups in total. The van der Waals surface area contributed by atoms with Gasteiger partial charge in [-0.2, -0.15) is 5.10 Å². The number of esters is 2. The van der Waals surface area contributed by atoms with Crippen LogP contribution in [0.15, 0.2) is 6.20 Å². The van der Waals surface area contributed by atoms with Crippen LogP contribution in [-0.2, 0) is 14.3 Å². The highest BCUT2D eigenvalue weighted by atomic mass is 16.5. The van der Waals surface area contributed by atoms with Gasteiger partial charge in [0.15, 0.2) is 5.69 Å². The van der Waals surface area contributed by atoms with Crippen molar-refractivity contribution < 1.29 is 19.1 Å².